The number of hydrogen-bond donors (Lipinski definition) is 3. The van der Waals surface area contributed by atoms with E-state index in [0.29, 0.717) is 32.2 Å². The number of carbonyl (C=O) groups excluding carboxylic acids is 1. The standard InChI is InChI=1S/C19H30N4O3.HI/c1-5-20-19(22-8-7-21-14(4)24)23-12-16-11-18-15(9-13(3)26-18)10-17(16)25-6-2;/h10-11,13H,5-9,12H2,1-4H3,(H,21,24)(H2,20,22,23);1H. The molecule has 2 rings (SSSR count). The number of amides is 1. The lowest BCUT2D eigenvalue weighted by Crippen LogP contribution is -2.41. The molecule has 0 aromatic heterocycles. The summed E-state index contributed by atoms with van der Waals surface area (Å²) >= 11 is 0. The average molecular weight is 490 g/mol. The maximum absolute atomic E-state index is 10.9. The van der Waals surface area contributed by atoms with Crippen molar-refractivity contribution in [1.29, 1.82) is 0 Å². The third-order valence-corrected chi connectivity index (χ3v) is 3.92. The van der Waals surface area contributed by atoms with Crippen molar-refractivity contribution in [3.05, 3.63) is 23.3 Å². The van der Waals surface area contributed by atoms with Crippen molar-refractivity contribution >= 4 is 35.8 Å². The summed E-state index contributed by atoms with van der Waals surface area (Å²) in [4.78, 5) is 15.6. The predicted molar refractivity (Wildman–Crippen MR) is 118 cm³/mol. The number of guanidine groups is 1. The highest BCUT2D eigenvalue weighted by atomic mass is 127. The second-order valence-electron chi connectivity index (χ2n) is 6.24. The molecule has 0 saturated carbocycles. The van der Waals surface area contributed by atoms with Crippen LogP contribution < -0.4 is 25.4 Å². The number of nitrogens with one attached hydrogen (secondary N) is 3. The van der Waals surface area contributed by atoms with Crippen LogP contribution in [0.15, 0.2) is 17.1 Å². The van der Waals surface area contributed by atoms with E-state index in [9.17, 15) is 4.79 Å². The van der Waals surface area contributed by atoms with E-state index >= 15 is 0 Å². The summed E-state index contributed by atoms with van der Waals surface area (Å²) in [5.74, 6) is 2.45. The Kier molecular flexibility index (Phi) is 10.3. The first kappa shape index (κ1) is 23.3. The van der Waals surface area contributed by atoms with Crippen LogP contribution in [0.3, 0.4) is 0 Å². The number of fused-ring (bicyclic) bond motifs is 1. The van der Waals surface area contributed by atoms with E-state index in [1.807, 2.05) is 19.9 Å². The molecule has 1 aliphatic heterocycles. The summed E-state index contributed by atoms with van der Waals surface area (Å²) in [7, 11) is 0. The Morgan fingerprint density at radius 2 is 2.00 bits per heavy atom. The highest BCUT2D eigenvalue weighted by molar-refractivity contribution is 14.0. The molecule has 0 radical (unpaired) electrons. The number of hydrogen-bond acceptors (Lipinski definition) is 4. The number of carbonyl (C=O) groups is 1. The Labute approximate surface area is 178 Å². The van der Waals surface area contributed by atoms with Crippen molar-refractivity contribution in [1.82, 2.24) is 16.0 Å². The number of nitrogens with zero attached hydrogens (tertiary/aromatic N) is 1. The van der Waals surface area contributed by atoms with Crippen molar-refractivity contribution in [3.63, 3.8) is 0 Å². The molecular weight excluding hydrogens is 459 g/mol. The van der Waals surface area contributed by atoms with E-state index in [1.165, 1.54) is 12.5 Å². The van der Waals surface area contributed by atoms with Gasteiger partial charge in [-0.05, 0) is 32.9 Å². The maximum atomic E-state index is 10.9. The molecule has 27 heavy (non-hydrogen) atoms. The largest absolute Gasteiger partial charge is 0.494 e. The van der Waals surface area contributed by atoms with Crippen LogP contribution in [0.1, 0.15) is 38.8 Å². The van der Waals surface area contributed by atoms with Crippen LogP contribution >= 0.6 is 24.0 Å². The Morgan fingerprint density at radius 3 is 2.67 bits per heavy atom. The molecule has 0 fully saturated rings. The first-order chi connectivity index (χ1) is 12.5. The molecule has 1 heterocycles. The van der Waals surface area contributed by atoms with Gasteiger partial charge in [-0.25, -0.2) is 4.99 Å². The molecule has 1 aliphatic rings. The number of benzene rings is 1. The highest BCUT2D eigenvalue weighted by Crippen LogP contribution is 2.35. The van der Waals surface area contributed by atoms with Gasteiger partial charge < -0.3 is 25.4 Å². The molecule has 152 valence electrons. The molecule has 1 aromatic carbocycles. The molecule has 0 aliphatic carbocycles. The molecule has 1 atom stereocenters. The molecule has 7 nitrogen and oxygen atoms in total. The summed E-state index contributed by atoms with van der Waals surface area (Å²) in [6, 6.07) is 4.11. The van der Waals surface area contributed by atoms with Crippen molar-refractivity contribution in [2.75, 3.05) is 26.2 Å². The minimum atomic E-state index is -0.0394. The topological polar surface area (TPSA) is 84.0 Å². The monoisotopic (exact) mass is 490 g/mol. The molecule has 0 spiro atoms. The Hall–Kier alpha value is -1.71. The third-order valence-electron chi connectivity index (χ3n) is 3.92. The van der Waals surface area contributed by atoms with E-state index < -0.39 is 0 Å². The van der Waals surface area contributed by atoms with Gasteiger partial charge in [0, 0.05) is 44.1 Å². The normalized spacial score (nSPS) is 15.3. The van der Waals surface area contributed by atoms with E-state index in [1.54, 1.807) is 0 Å². The number of rotatable bonds is 8. The second-order valence-corrected chi connectivity index (χ2v) is 6.24. The van der Waals surface area contributed by atoms with E-state index in [4.69, 9.17) is 9.47 Å². The van der Waals surface area contributed by atoms with Crippen LogP contribution in [0, 0.1) is 0 Å². The summed E-state index contributed by atoms with van der Waals surface area (Å²) < 4.78 is 11.7. The Bertz CT molecular complexity index is 652. The summed E-state index contributed by atoms with van der Waals surface area (Å²) in [6.45, 7) is 10.6. The van der Waals surface area contributed by atoms with Crippen LogP contribution in [0.25, 0.3) is 0 Å². The molecule has 1 amide bonds. The molecule has 3 N–H and O–H groups in total. The zero-order chi connectivity index (χ0) is 18.9. The fourth-order valence-electron chi connectivity index (χ4n) is 2.82. The zero-order valence-electron chi connectivity index (χ0n) is 16.6. The van der Waals surface area contributed by atoms with Gasteiger partial charge in [0.25, 0.3) is 0 Å². The average Bonchev–Trinajstić information content (AvgIpc) is 2.95. The fourth-order valence-corrected chi connectivity index (χ4v) is 2.82. The van der Waals surface area contributed by atoms with Gasteiger partial charge in [-0.3, -0.25) is 4.79 Å². The maximum Gasteiger partial charge on any atom is 0.216 e. The molecule has 8 heteroatoms. The Balaban J connectivity index is 0.00000364. The first-order valence-corrected chi connectivity index (χ1v) is 9.25. The fraction of sp³-hybridized carbons (Fsp3) is 0.579. The lowest BCUT2D eigenvalue weighted by molar-refractivity contribution is -0.118. The quantitative estimate of drug-likeness (QED) is 0.225. The smallest absolute Gasteiger partial charge is 0.216 e. The molecule has 0 saturated heterocycles. The zero-order valence-corrected chi connectivity index (χ0v) is 18.9. The van der Waals surface area contributed by atoms with Gasteiger partial charge in [-0.1, -0.05) is 0 Å². The molecule has 1 unspecified atom stereocenters. The van der Waals surface area contributed by atoms with Crippen LogP contribution in [0.4, 0.5) is 0 Å². The summed E-state index contributed by atoms with van der Waals surface area (Å²) in [6.07, 6.45) is 1.11. The van der Waals surface area contributed by atoms with Crippen LogP contribution in [-0.2, 0) is 17.8 Å². The van der Waals surface area contributed by atoms with E-state index in [-0.39, 0.29) is 36.0 Å². The third kappa shape index (κ3) is 7.43. The van der Waals surface area contributed by atoms with Gasteiger partial charge in [-0.15, -0.1) is 24.0 Å². The summed E-state index contributed by atoms with van der Waals surface area (Å²) in [5.41, 5.74) is 2.19. The predicted octanol–water partition coefficient (Wildman–Crippen LogP) is 2.22. The number of ether oxygens (including phenoxy) is 2. The van der Waals surface area contributed by atoms with Crippen LogP contribution in [0.5, 0.6) is 11.5 Å². The van der Waals surface area contributed by atoms with Crippen molar-refractivity contribution in [2.45, 2.75) is 46.8 Å². The second kappa shape index (κ2) is 11.9. The first-order valence-electron chi connectivity index (χ1n) is 9.25. The van der Waals surface area contributed by atoms with Gasteiger partial charge >= 0.3 is 0 Å². The van der Waals surface area contributed by atoms with E-state index in [2.05, 4.69) is 33.9 Å². The SMILES string of the molecule is CCNC(=NCc1cc2c(cc1OCC)CC(C)O2)NCCNC(C)=O.I. The van der Waals surface area contributed by atoms with Gasteiger partial charge in [-0.2, -0.15) is 0 Å². The lowest BCUT2D eigenvalue weighted by Gasteiger charge is -2.14. The van der Waals surface area contributed by atoms with Crippen LogP contribution in [0.2, 0.25) is 0 Å². The molecule has 1 aromatic rings. The summed E-state index contributed by atoms with van der Waals surface area (Å²) in [5, 5.41) is 9.17. The van der Waals surface area contributed by atoms with Crippen LogP contribution in [-0.4, -0.2) is 44.2 Å². The minimum Gasteiger partial charge on any atom is -0.494 e. The van der Waals surface area contributed by atoms with Crippen molar-refractivity contribution in [2.24, 2.45) is 4.99 Å². The number of halogens is 1. The highest BCUT2D eigenvalue weighted by Gasteiger charge is 2.21. The van der Waals surface area contributed by atoms with Gasteiger partial charge in [0.1, 0.15) is 17.6 Å². The van der Waals surface area contributed by atoms with Crippen molar-refractivity contribution in [3.8, 4) is 11.5 Å². The Morgan fingerprint density at radius 1 is 1.26 bits per heavy atom. The molecule has 0 bridgehead atoms. The van der Waals surface area contributed by atoms with Gasteiger partial charge in [0.05, 0.1) is 13.2 Å². The van der Waals surface area contributed by atoms with Gasteiger partial charge in [0.2, 0.25) is 5.91 Å². The van der Waals surface area contributed by atoms with E-state index in [0.717, 1.165) is 30.0 Å². The molecular formula is C19H31IN4O3. The lowest BCUT2D eigenvalue weighted by atomic mass is 10.1. The number of aliphatic imine (C=N–C) groups is 1. The van der Waals surface area contributed by atoms with Gasteiger partial charge in [0.15, 0.2) is 5.96 Å². The van der Waals surface area contributed by atoms with Crippen molar-refractivity contribution < 1.29 is 14.3 Å². The minimum absolute atomic E-state index is 0.